The number of rotatable bonds is 1. The van der Waals surface area contributed by atoms with E-state index in [1.54, 1.807) is 0 Å². The Morgan fingerprint density at radius 2 is 1.90 bits per heavy atom. The average Bonchev–Trinajstić information content (AvgIpc) is 2.44. The van der Waals surface area contributed by atoms with E-state index in [4.69, 9.17) is 0 Å². The molecule has 4 nitrogen and oxygen atoms in total. The lowest BCUT2D eigenvalue weighted by Gasteiger charge is -2.36. The Labute approximate surface area is 125 Å². The van der Waals surface area contributed by atoms with Crippen LogP contribution in [0.1, 0.15) is 29.9 Å². The highest BCUT2D eigenvalue weighted by Gasteiger charge is 2.26. The number of aromatic nitrogens is 1. The average molecular weight is 283 g/mol. The van der Waals surface area contributed by atoms with Crippen molar-refractivity contribution in [1.29, 1.82) is 0 Å². The first kappa shape index (κ1) is 14.0. The van der Waals surface area contributed by atoms with Crippen molar-refractivity contribution >= 4 is 16.8 Å². The summed E-state index contributed by atoms with van der Waals surface area (Å²) in [6.45, 7) is 7.66. The molecule has 0 saturated carbocycles. The molecule has 1 fully saturated rings. The fraction of sp³-hybridized carbons (Fsp3) is 0.412. The van der Waals surface area contributed by atoms with E-state index in [-0.39, 0.29) is 5.91 Å². The molecule has 1 amide bonds. The molecule has 2 aromatic rings. The number of benzene rings is 1. The lowest BCUT2D eigenvalue weighted by atomic mass is 10.1. The molecule has 2 atom stereocenters. The van der Waals surface area contributed by atoms with Gasteiger partial charge in [-0.3, -0.25) is 9.78 Å². The molecule has 0 aliphatic carbocycles. The number of hydrogen-bond acceptors (Lipinski definition) is 3. The molecule has 1 aromatic carbocycles. The Balaban J connectivity index is 1.99. The molecule has 0 bridgehead atoms. The van der Waals surface area contributed by atoms with Crippen LogP contribution in [0.25, 0.3) is 10.9 Å². The van der Waals surface area contributed by atoms with Crippen molar-refractivity contribution in [2.45, 2.75) is 32.9 Å². The number of piperazine rings is 1. The largest absolute Gasteiger partial charge is 0.335 e. The van der Waals surface area contributed by atoms with Crippen molar-refractivity contribution in [1.82, 2.24) is 15.2 Å². The van der Waals surface area contributed by atoms with E-state index in [1.165, 1.54) is 0 Å². The van der Waals surface area contributed by atoms with Crippen LogP contribution in [0.3, 0.4) is 0 Å². The molecule has 1 N–H and O–H groups in total. The fourth-order valence-corrected chi connectivity index (χ4v) is 3.08. The van der Waals surface area contributed by atoms with Crippen LogP contribution in [-0.2, 0) is 0 Å². The number of pyridine rings is 1. The summed E-state index contributed by atoms with van der Waals surface area (Å²) in [7, 11) is 0. The van der Waals surface area contributed by atoms with Gasteiger partial charge in [0.15, 0.2) is 0 Å². The minimum atomic E-state index is 0.0823. The normalized spacial score (nSPS) is 22.5. The van der Waals surface area contributed by atoms with Crippen molar-refractivity contribution in [2.75, 3.05) is 13.1 Å². The molecule has 0 spiro atoms. The van der Waals surface area contributed by atoms with E-state index in [0.717, 1.165) is 29.7 Å². The molecule has 1 aliphatic heterocycles. The van der Waals surface area contributed by atoms with Gasteiger partial charge in [-0.2, -0.15) is 0 Å². The molecule has 1 aromatic heterocycles. The molecule has 1 aliphatic rings. The summed E-state index contributed by atoms with van der Waals surface area (Å²) >= 11 is 0. The number of para-hydroxylation sites is 1. The highest BCUT2D eigenvalue weighted by atomic mass is 16.2. The quantitative estimate of drug-likeness (QED) is 0.874. The fourth-order valence-electron chi connectivity index (χ4n) is 3.08. The van der Waals surface area contributed by atoms with Gasteiger partial charge in [-0.1, -0.05) is 18.2 Å². The Morgan fingerprint density at radius 3 is 2.62 bits per heavy atom. The van der Waals surface area contributed by atoms with Crippen LogP contribution < -0.4 is 5.32 Å². The monoisotopic (exact) mass is 283 g/mol. The summed E-state index contributed by atoms with van der Waals surface area (Å²) in [6.07, 6.45) is 0. The second-order valence-corrected chi connectivity index (χ2v) is 6.01. The summed E-state index contributed by atoms with van der Waals surface area (Å²) < 4.78 is 0. The molecule has 0 unspecified atom stereocenters. The first-order valence-corrected chi connectivity index (χ1v) is 7.46. The van der Waals surface area contributed by atoms with E-state index < -0.39 is 0 Å². The molecular formula is C17H21N3O. The van der Waals surface area contributed by atoms with E-state index in [0.29, 0.717) is 17.6 Å². The van der Waals surface area contributed by atoms with Gasteiger partial charge in [0.25, 0.3) is 5.91 Å². The van der Waals surface area contributed by atoms with Gasteiger partial charge < -0.3 is 10.2 Å². The van der Waals surface area contributed by atoms with Crippen molar-refractivity contribution in [3.05, 3.63) is 41.6 Å². The Hall–Kier alpha value is -1.94. The van der Waals surface area contributed by atoms with Gasteiger partial charge in [0.05, 0.1) is 11.1 Å². The zero-order valence-corrected chi connectivity index (χ0v) is 12.8. The van der Waals surface area contributed by atoms with E-state index in [9.17, 15) is 4.79 Å². The number of aryl methyl sites for hydroxylation is 1. The van der Waals surface area contributed by atoms with Crippen molar-refractivity contribution < 1.29 is 4.79 Å². The van der Waals surface area contributed by atoms with Gasteiger partial charge in [-0.15, -0.1) is 0 Å². The smallest absolute Gasteiger partial charge is 0.256 e. The topological polar surface area (TPSA) is 45.2 Å². The predicted octanol–water partition coefficient (Wildman–Crippen LogP) is 2.37. The van der Waals surface area contributed by atoms with Gasteiger partial charge in [-0.25, -0.2) is 0 Å². The Bertz CT molecular complexity index is 673. The highest BCUT2D eigenvalue weighted by Crippen LogP contribution is 2.20. The number of fused-ring (bicyclic) bond motifs is 1. The molecule has 110 valence electrons. The van der Waals surface area contributed by atoms with E-state index in [2.05, 4.69) is 24.1 Å². The molecular weight excluding hydrogens is 262 g/mol. The lowest BCUT2D eigenvalue weighted by molar-refractivity contribution is 0.0675. The second kappa shape index (κ2) is 5.45. The van der Waals surface area contributed by atoms with Crippen molar-refractivity contribution in [2.24, 2.45) is 0 Å². The number of nitrogens with zero attached hydrogens (tertiary/aromatic N) is 2. The number of carbonyl (C=O) groups excluding carboxylic acids is 1. The summed E-state index contributed by atoms with van der Waals surface area (Å²) in [4.78, 5) is 19.4. The summed E-state index contributed by atoms with van der Waals surface area (Å²) in [5, 5.41) is 4.47. The molecule has 21 heavy (non-hydrogen) atoms. The maximum absolute atomic E-state index is 12.9. The summed E-state index contributed by atoms with van der Waals surface area (Å²) in [6, 6.07) is 10.5. The van der Waals surface area contributed by atoms with Crippen LogP contribution in [0.4, 0.5) is 0 Å². The maximum atomic E-state index is 12.9. The van der Waals surface area contributed by atoms with Crippen LogP contribution in [0.2, 0.25) is 0 Å². The van der Waals surface area contributed by atoms with Gasteiger partial charge in [-0.05, 0) is 32.9 Å². The SMILES string of the molecule is Cc1ccc2cccc(C(=O)N3C[C@@H](C)N[C@H](C)C3)c2n1. The lowest BCUT2D eigenvalue weighted by Crippen LogP contribution is -2.55. The predicted molar refractivity (Wildman–Crippen MR) is 84.4 cm³/mol. The van der Waals surface area contributed by atoms with Crippen molar-refractivity contribution in [3.63, 3.8) is 0 Å². The second-order valence-electron chi connectivity index (χ2n) is 6.01. The molecule has 1 saturated heterocycles. The highest BCUT2D eigenvalue weighted by molar-refractivity contribution is 6.05. The van der Waals surface area contributed by atoms with Crippen LogP contribution in [-0.4, -0.2) is 41.0 Å². The number of hydrogen-bond donors (Lipinski definition) is 1. The number of amides is 1. The van der Waals surface area contributed by atoms with Gasteiger partial charge in [0.2, 0.25) is 0 Å². The van der Waals surface area contributed by atoms with Crippen LogP contribution in [0.15, 0.2) is 30.3 Å². The van der Waals surface area contributed by atoms with Crippen LogP contribution in [0, 0.1) is 6.92 Å². The van der Waals surface area contributed by atoms with Crippen LogP contribution >= 0.6 is 0 Å². The molecule has 2 heterocycles. The van der Waals surface area contributed by atoms with Crippen molar-refractivity contribution in [3.8, 4) is 0 Å². The maximum Gasteiger partial charge on any atom is 0.256 e. The third-order valence-corrected chi connectivity index (χ3v) is 3.93. The number of carbonyl (C=O) groups is 1. The number of nitrogens with one attached hydrogen (secondary N) is 1. The minimum Gasteiger partial charge on any atom is -0.335 e. The van der Waals surface area contributed by atoms with Gasteiger partial charge in [0.1, 0.15) is 0 Å². The first-order valence-electron chi connectivity index (χ1n) is 7.46. The van der Waals surface area contributed by atoms with Gasteiger partial charge >= 0.3 is 0 Å². The zero-order chi connectivity index (χ0) is 15.0. The third kappa shape index (κ3) is 2.76. The summed E-state index contributed by atoms with van der Waals surface area (Å²) in [5.74, 6) is 0.0823. The standard InChI is InChI=1S/C17H21N3O/c1-11-7-8-14-5-4-6-15(16(14)19-11)17(21)20-9-12(2)18-13(3)10-20/h4-8,12-13,18H,9-10H2,1-3H3/t12-,13-/m1/s1. The molecule has 3 rings (SSSR count). The summed E-state index contributed by atoms with van der Waals surface area (Å²) in [5.41, 5.74) is 2.45. The Morgan fingerprint density at radius 1 is 1.19 bits per heavy atom. The van der Waals surface area contributed by atoms with Gasteiger partial charge in [0, 0.05) is 36.3 Å². The zero-order valence-electron chi connectivity index (χ0n) is 12.8. The minimum absolute atomic E-state index is 0.0823. The molecule has 4 heteroatoms. The van der Waals surface area contributed by atoms with E-state index in [1.807, 2.05) is 42.2 Å². The third-order valence-electron chi connectivity index (χ3n) is 3.93. The Kier molecular flexibility index (Phi) is 3.64. The van der Waals surface area contributed by atoms with E-state index >= 15 is 0 Å². The van der Waals surface area contributed by atoms with Crippen LogP contribution in [0.5, 0.6) is 0 Å². The molecule has 0 radical (unpaired) electrons. The first-order chi connectivity index (χ1) is 10.0.